The molecule has 0 aliphatic rings. The van der Waals surface area contributed by atoms with Crippen LogP contribution in [0.4, 0.5) is 13.2 Å². The molecule has 2 heterocycles. The number of nitrogens with zero attached hydrogens (tertiary/aromatic N) is 3. The van der Waals surface area contributed by atoms with Gasteiger partial charge in [0.25, 0.3) is 0 Å². The molecule has 0 fully saturated rings. The third-order valence-electron chi connectivity index (χ3n) is 4.47. The Bertz CT molecular complexity index is 1190. The fourth-order valence-electron chi connectivity index (χ4n) is 2.90. The van der Waals surface area contributed by atoms with Gasteiger partial charge in [-0.2, -0.15) is 18.2 Å². The fourth-order valence-corrected chi connectivity index (χ4v) is 3.70. The zero-order chi connectivity index (χ0) is 22.0. The summed E-state index contributed by atoms with van der Waals surface area (Å²) in [6.07, 6.45) is -4.08. The first kappa shape index (κ1) is 20.9. The van der Waals surface area contributed by atoms with Crippen molar-refractivity contribution in [3.05, 3.63) is 64.3 Å². The first-order valence-corrected chi connectivity index (χ1v) is 9.92. The molecule has 0 spiro atoms. The Morgan fingerprint density at radius 2 is 1.65 bits per heavy atom. The number of thiazole rings is 1. The predicted molar refractivity (Wildman–Crippen MR) is 108 cm³/mol. The predicted octanol–water partition coefficient (Wildman–Crippen LogP) is 5.49. The Hall–Kier alpha value is -3.40. The minimum absolute atomic E-state index is 0.223. The molecule has 10 heteroatoms. The van der Waals surface area contributed by atoms with Crippen molar-refractivity contribution in [1.82, 2.24) is 15.1 Å². The fraction of sp³-hybridized carbons (Fsp3) is 0.190. The summed E-state index contributed by atoms with van der Waals surface area (Å²) < 4.78 is 53.9. The van der Waals surface area contributed by atoms with Gasteiger partial charge in [-0.25, -0.2) is 4.98 Å². The van der Waals surface area contributed by atoms with E-state index in [4.69, 9.17) is 14.0 Å². The van der Waals surface area contributed by atoms with E-state index < -0.39 is 11.7 Å². The smallest absolute Gasteiger partial charge is 0.416 e. The molecule has 0 N–H and O–H groups in total. The zero-order valence-electron chi connectivity index (χ0n) is 16.4. The Balaban J connectivity index is 1.49. The van der Waals surface area contributed by atoms with E-state index >= 15 is 0 Å². The summed E-state index contributed by atoms with van der Waals surface area (Å²) in [7, 11) is 3.14. The Morgan fingerprint density at radius 3 is 2.32 bits per heavy atom. The molecule has 31 heavy (non-hydrogen) atoms. The van der Waals surface area contributed by atoms with E-state index in [-0.39, 0.29) is 5.82 Å². The monoisotopic (exact) mass is 447 g/mol. The van der Waals surface area contributed by atoms with Gasteiger partial charge in [-0.05, 0) is 30.3 Å². The summed E-state index contributed by atoms with van der Waals surface area (Å²) in [5.74, 6) is 1.78. The summed E-state index contributed by atoms with van der Waals surface area (Å²) in [6.45, 7) is 0. The van der Waals surface area contributed by atoms with Crippen molar-refractivity contribution in [2.75, 3.05) is 14.2 Å². The molecule has 2 aromatic carbocycles. The molecule has 0 bridgehead atoms. The van der Waals surface area contributed by atoms with E-state index in [0.29, 0.717) is 29.4 Å². The van der Waals surface area contributed by atoms with Crippen LogP contribution in [0.2, 0.25) is 0 Å². The summed E-state index contributed by atoms with van der Waals surface area (Å²) in [5, 5.41) is 6.52. The second-order valence-corrected chi connectivity index (χ2v) is 7.40. The number of rotatable bonds is 6. The number of halogens is 3. The molecule has 160 valence electrons. The standard InChI is InChI=1S/C21H16F3N3O3S/c1-28-16-8-5-13(9-17(16)29-2)15-11-31-19(25-15)10-18-26-20(27-30-18)12-3-6-14(7-4-12)21(22,23)24/h3-9,11H,10H2,1-2H3. The van der Waals surface area contributed by atoms with E-state index in [9.17, 15) is 13.2 Å². The maximum atomic E-state index is 12.7. The lowest BCUT2D eigenvalue weighted by molar-refractivity contribution is -0.137. The normalized spacial score (nSPS) is 11.5. The van der Waals surface area contributed by atoms with Gasteiger partial charge in [-0.3, -0.25) is 0 Å². The van der Waals surface area contributed by atoms with Crippen LogP contribution in [0.3, 0.4) is 0 Å². The quantitative estimate of drug-likeness (QED) is 0.389. The third kappa shape index (κ3) is 4.53. The van der Waals surface area contributed by atoms with Crippen molar-refractivity contribution in [2.45, 2.75) is 12.6 Å². The Morgan fingerprint density at radius 1 is 0.935 bits per heavy atom. The van der Waals surface area contributed by atoms with Crippen LogP contribution in [0.5, 0.6) is 11.5 Å². The highest BCUT2D eigenvalue weighted by Gasteiger charge is 2.30. The maximum Gasteiger partial charge on any atom is 0.416 e. The highest BCUT2D eigenvalue weighted by molar-refractivity contribution is 7.10. The topological polar surface area (TPSA) is 70.3 Å². The van der Waals surface area contributed by atoms with Gasteiger partial charge in [0.05, 0.1) is 31.9 Å². The summed E-state index contributed by atoms with van der Waals surface area (Å²) in [4.78, 5) is 8.87. The van der Waals surface area contributed by atoms with Crippen LogP contribution in [0.25, 0.3) is 22.6 Å². The van der Waals surface area contributed by atoms with Crippen LogP contribution in [0, 0.1) is 0 Å². The molecule has 0 saturated carbocycles. The number of methoxy groups -OCH3 is 2. The van der Waals surface area contributed by atoms with E-state index in [1.54, 1.807) is 14.2 Å². The number of hydrogen-bond donors (Lipinski definition) is 0. The van der Waals surface area contributed by atoms with Crippen molar-refractivity contribution in [3.8, 4) is 34.1 Å². The van der Waals surface area contributed by atoms with E-state index in [2.05, 4.69) is 15.1 Å². The van der Waals surface area contributed by atoms with Gasteiger partial charge in [-0.15, -0.1) is 11.3 Å². The molecule has 2 aromatic heterocycles. The van der Waals surface area contributed by atoms with Crippen LogP contribution >= 0.6 is 11.3 Å². The second kappa shape index (κ2) is 8.38. The molecule has 0 unspecified atom stereocenters. The van der Waals surface area contributed by atoms with Gasteiger partial charge in [0.2, 0.25) is 11.7 Å². The van der Waals surface area contributed by atoms with Crippen molar-refractivity contribution < 1.29 is 27.2 Å². The molecular formula is C21H16F3N3O3S. The van der Waals surface area contributed by atoms with Gasteiger partial charge in [0, 0.05) is 16.5 Å². The average molecular weight is 447 g/mol. The van der Waals surface area contributed by atoms with Crippen LogP contribution in [0.1, 0.15) is 16.5 Å². The first-order chi connectivity index (χ1) is 14.9. The van der Waals surface area contributed by atoms with Crippen LogP contribution < -0.4 is 9.47 Å². The summed E-state index contributed by atoms with van der Waals surface area (Å²) in [5.41, 5.74) is 1.35. The maximum absolute atomic E-state index is 12.7. The summed E-state index contributed by atoms with van der Waals surface area (Å²) >= 11 is 1.44. The number of alkyl halides is 3. The van der Waals surface area contributed by atoms with Crippen molar-refractivity contribution in [2.24, 2.45) is 0 Å². The van der Waals surface area contributed by atoms with E-state index in [0.717, 1.165) is 28.4 Å². The number of hydrogen-bond acceptors (Lipinski definition) is 7. The van der Waals surface area contributed by atoms with Gasteiger partial charge in [-0.1, -0.05) is 17.3 Å². The first-order valence-electron chi connectivity index (χ1n) is 9.04. The molecule has 0 saturated heterocycles. The highest BCUT2D eigenvalue weighted by atomic mass is 32.1. The van der Waals surface area contributed by atoms with Gasteiger partial charge < -0.3 is 14.0 Å². The Kier molecular flexibility index (Phi) is 5.64. The van der Waals surface area contributed by atoms with Crippen LogP contribution in [-0.2, 0) is 12.6 Å². The number of benzene rings is 2. The molecule has 4 rings (SSSR count). The molecule has 0 aliphatic heterocycles. The van der Waals surface area contributed by atoms with Crippen molar-refractivity contribution in [1.29, 1.82) is 0 Å². The van der Waals surface area contributed by atoms with Gasteiger partial charge in [0.15, 0.2) is 11.5 Å². The van der Waals surface area contributed by atoms with Gasteiger partial charge >= 0.3 is 6.18 Å². The molecule has 0 aliphatic carbocycles. The molecule has 6 nitrogen and oxygen atoms in total. The minimum atomic E-state index is -4.39. The van der Waals surface area contributed by atoms with Gasteiger partial charge in [0.1, 0.15) is 5.01 Å². The molecule has 0 amide bonds. The van der Waals surface area contributed by atoms with Crippen molar-refractivity contribution >= 4 is 11.3 Å². The SMILES string of the molecule is COc1ccc(-c2csc(Cc3nc(-c4ccc(C(F)(F)F)cc4)no3)n2)cc1OC. The number of aromatic nitrogens is 3. The Labute approximate surface area is 179 Å². The number of ether oxygens (including phenoxy) is 2. The average Bonchev–Trinajstić information content (AvgIpc) is 3.43. The highest BCUT2D eigenvalue weighted by Crippen LogP contribution is 2.33. The largest absolute Gasteiger partial charge is 0.493 e. The molecule has 4 aromatic rings. The lowest BCUT2D eigenvalue weighted by atomic mass is 10.1. The molecule has 0 atom stereocenters. The summed E-state index contributed by atoms with van der Waals surface area (Å²) in [6, 6.07) is 10.1. The van der Waals surface area contributed by atoms with Crippen molar-refractivity contribution in [3.63, 3.8) is 0 Å². The van der Waals surface area contributed by atoms with Crippen LogP contribution in [0.15, 0.2) is 52.4 Å². The lowest BCUT2D eigenvalue weighted by Crippen LogP contribution is -2.04. The lowest BCUT2D eigenvalue weighted by Gasteiger charge is -2.08. The van der Waals surface area contributed by atoms with E-state index in [1.807, 2.05) is 23.6 Å². The molecule has 0 radical (unpaired) electrons. The minimum Gasteiger partial charge on any atom is -0.493 e. The second-order valence-electron chi connectivity index (χ2n) is 6.46. The van der Waals surface area contributed by atoms with Crippen LogP contribution in [-0.4, -0.2) is 29.3 Å². The third-order valence-corrected chi connectivity index (χ3v) is 5.32. The van der Waals surface area contributed by atoms with E-state index in [1.165, 1.54) is 23.5 Å². The zero-order valence-corrected chi connectivity index (χ0v) is 17.3. The molecular weight excluding hydrogens is 431 g/mol.